The largest absolute Gasteiger partial charge is 0.388 e. The minimum Gasteiger partial charge on any atom is -0.388 e. The normalized spacial score (nSPS) is 27.9. The number of carbonyl (C=O) groups excluding carboxylic acids is 3. The molecule has 1 heterocycles. The van der Waals surface area contributed by atoms with Crippen LogP contribution in [0.1, 0.15) is 50.5 Å². The third-order valence-corrected chi connectivity index (χ3v) is 10.8. The molecule has 2 aromatic carbocycles. The average molecular weight is 631 g/mol. The van der Waals surface area contributed by atoms with E-state index in [1.165, 1.54) is 0 Å². The molecule has 236 valence electrons. The van der Waals surface area contributed by atoms with Gasteiger partial charge in [-0.1, -0.05) is 71.9 Å². The van der Waals surface area contributed by atoms with E-state index in [0.29, 0.717) is 19.4 Å². The van der Waals surface area contributed by atoms with Crippen molar-refractivity contribution < 1.29 is 27.6 Å². The second-order valence-electron chi connectivity index (χ2n) is 12.3. The van der Waals surface area contributed by atoms with Crippen LogP contribution in [0.3, 0.4) is 0 Å². The minimum absolute atomic E-state index is 0.150. The van der Waals surface area contributed by atoms with Crippen molar-refractivity contribution in [3.63, 3.8) is 0 Å². The molecule has 2 fully saturated rings. The van der Waals surface area contributed by atoms with Gasteiger partial charge in [0.2, 0.25) is 21.8 Å². The number of hydrogen-bond donors (Lipinski definition) is 2. The van der Waals surface area contributed by atoms with Crippen molar-refractivity contribution in [2.45, 2.75) is 61.8 Å². The maximum absolute atomic E-state index is 13.8. The maximum Gasteiger partial charge on any atom is 0.259 e. The quantitative estimate of drug-likeness (QED) is 0.272. The molecule has 2 N–H and O–H groups in total. The lowest BCUT2D eigenvalue weighted by molar-refractivity contribution is -0.133. The molecular weight excluding hydrogens is 592 g/mol. The van der Waals surface area contributed by atoms with Crippen LogP contribution < -0.4 is 10.0 Å². The summed E-state index contributed by atoms with van der Waals surface area (Å²) in [5.41, 5.74) is 1.76. The van der Waals surface area contributed by atoms with Crippen LogP contribution in [0.5, 0.6) is 0 Å². The van der Waals surface area contributed by atoms with Crippen LogP contribution in [0, 0.1) is 11.8 Å². The fourth-order valence-corrected chi connectivity index (χ4v) is 7.47. The Balaban J connectivity index is 1.22. The smallest absolute Gasteiger partial charge is 0.259 e. The third kappa shape index (κ3) is 6.73. The topological polar surface area (TPSA) is 134 Å². The predicted octanol–water partition coefficient (Wildman–Crippen LogP) is 3.70. The van der Waals surface area contributed by atoms with Crippen LogP contribution >= 0.6 is 0 Å². The summed E-state index contributed by atoms with van der Waals surface area (Å²) < 4.78 is 27.4. The van der Waals surface area contributed by atoms with Gasteiger partial charge < -0.3 is 15.1 Å². The molecule has 3 amide bonds. The Bertz CT molecular complexity index is 1670. The standard InChI is InChI=1S/C34H38N4O6S/c1-38-18-10-3-2-7-14-25-21-34(25,33(41)37-45(42,43)27-16-17-27)36-31(39)29-19-26(20-30(29)32(38)40)44-35-22-24-13-8-9-15-28(24)23-11-5-4-6-12-23/h4-9,11-15,20,22,25-27,29H,2-3,10,16-19,21H2,1H3,(H,36,39)(H,37,41)/b14-7-,35-22+/t25-,26+,29+,34+/m0/s1. The summed E-state index contributed by atoms with van der Waals surface area (Å²) in [5, 5.41) is 6.53. The SMILES string of the molecule is CN1CCCC/C=C\[C@H]2C[C@@]2(C(=O)NS(=O)(=O)C2CC2)NC(=O)[C@@H]2C[C@@H](O/N=C/c3ccccc3-c3ccccc3)C=C2C1=O. The van der Waals surface area contributed by atoms with E-state index < -0.39 is 44.6 Å². The number of benzene rings is 2. The molecule has 10 nitrogen and oxygen atoms in total. The van der Waals surface area contributed by atoms with E-state index in [2.05, 4.69) is 15.2 Å². The molecule has 4 aliphatic rings. The zero-order chi connectivity index (χ0) is 31.6. The molecule has 4 atom stereocenters. The van der Waals surface area contributed by atoms with Crippen LogP contribution in [0.4, 0.5) is 0 Å². The van der Waals surface area contributed by atoms with E-state index in [4.69, 9.17) is 4.84 Å². The molecule has 2 saturated carbocycles. The number of hydrogen-bond acceptors (Lipinski definition) is 7. The summed E-state index contributed by atoms with van der Waals surface area (Å²) in [5.74, 6) is -2.76. The minimum atomic E-state index is -3.81. The van der Waals surface area contributed by atoms with Crippen molar-refractivity contribution in [2.24, 2.45) is 17.0 Å². The molecule has 11 heteroatoms. The molecule has 0 radical (unpaired) electrons. The summed E-state index contributed by atoms with van der Waals surface area (Å²) >= 11 is 0. The number of nitrogens with zero attached hydrogens (tertiary/aromatic N) is 2. The Kier molecular flexibility index (Phi) is 8.63. The van der Waals surface area contributed by atoms with Crippen molar-refractivity contribution in [3.05, 3.63) is 84.0 Å². The second-order valence-corrected chi connectivity index (χ2v) is 14.3. The number of carbonyl (C=O) groups is 3. The van der Waals surface area contributed by atoms with Crippen molar-refractivity contribution >= 4 is 34.0 Å². The van der Waals surface area contributed by atoms with Crippen molar-refractivity contribution in [3.8, 4) is 11.1 Å². The van der Waals surface area contributed by atoms with Gasteiger partial charge in [0, 0.05) is 37.1 Å². The summed E-state index contributed by atoms with van der Waals surface area (Å²) in [6.07, 6.45) is 10.3. The first-order valence-electron chi connectivity index (χ1n) is 15.5. The molecule has 0 unspecified atom stereocenters. The van der Waals surface area contributed by atoms with Crippen LogP contribution in [0.25, 0.3) is 11.1 Å². The van der Waals surface area contributed by atoms with E-state index in [0.717, 1.165) is 36.0 Å². The highest BCUT2D eigenvalue weighted by Crippen LogP contribution is 2.46. The van der Waals surface area contributed by atoms with Gasteiger partial charge in [0.15, 0.2) is 0 Å². The van der Waals surface area contributed by atoms with Gasteiger partial charge in [0.05, 0.1) is 17.4 Å². The van der Waals surface area contributed by atoms with Gasteiger partial charge >= 0.3 is 0 Å². The molecule has 45 heavy (non-hydrogen) atoms. The summed E-state index contributed by atoms with van der Waals surface area (Å²) in [4.78, 5) is 48.3. The number of rotatable bonds is 7. The van der Waals surface area contributed by atoms with Crippen LogP contribution in [-0.4, -0.2) is 67.7 Å². The van der Waals surface area contributed by atoms with E-state index in [1.54, 1.807) is 24.2 Å². The van der Waals surface area contributed by atoms with E-state index >= 15 is 0 Å². The first-order valence-corrected chi connectivity index (χ1v) is 17.1. The van der Waals surface area contributed by atoms with E-state index in [9.17, 15) is 22.8 Å². The fraction of sp³-hybridized carbons (Fsp3) is 0.412. The molecule has 0 saturated heterocycles. The van der Waals surface area contributed by atoms with E-state index in [-0.39, 0.29) is 30.2 Å². The number of oxime groups is 1. The van der Waals surface area contributed by atoms with Gasteiger partial charge in [-0.05, 0) is 55.7 Å². The fourth-order valence-electron chi connectivity index (χ4n) is 6.11. The number of likely N-dealkylation sites (N-methyl/N-ethyl adjacent to an activating group) is 1. The Morgan fingerprint density at radius 1 is 1.09 bits per heavy atom. The summed E-state index contributed by atoms with van der Waals surface area (Å²) in [6, 6.07) is 17.7. The number of fused-ring (bicyclic) bond motifs is 2. The monoisotopic (exact) mass is 630 g/mol. The highest BCUT2D eigenvalue weighted by molar-refractivity contribution is 7.91. The predicted molar refractivity (Wildman–Crippen MR) is 170 cm³/mol. The zero-order valence-corrected chi connectivity index (χ0v) is 26.0. The van der Waals surface area contributed by atoms with Crippen LogP contribution in [-0.2, 0) is 29.2 Å². The lowest BCUT2D eigenvalue weighted by atomic mass is 9.97. The molecule has 3 aliphatic carbocycles. The molecular formula is C34H38N4O6S. The second kappa shape index (κ2) is 12.6. The lowest BCUT2D eigenvalue weighted by Crippen LogP contribution is -2.54. The number of allylic oxidation sites excluding steroid dienone is 1. The molecule has 2 aromatic rings. The van der Waals surface area contributed by atoms with E-state index in [1.807, 2.05) is 66.7 Å². The highest BCUT2D eigenvalue weighted by atomic mass is 32.2. The maximum atomic E-state index is 13.8. The molecule has 0 bridgehead atoms. The Morgan fingerprint density at radius 2 is 1.84 bits per heavy atom. The van der Waals surface area contributed by atoms with Gasteiger partial charge in [-0.3, -0.25) is 19.1 Å². The average Bonchev–Trinajstić information content (AvgIpc) is 3.96. The number of nitrogens with one attached hydrogen (secondary N) is 2. The Hall–Kier alpha value is -4.25. The van der Waals surface area contributed by atoms with Crippen molar-refractivity contribution in [1.82, 2.24) is 14.9 Å². The lowest BCUT2D eigenvalue weighted by Gasteiger charge is -2.24. The number of amides is 3. The van der Waals surface area contributed by atoms with Crippen molar-refractivity contribution in [1.29, 1.82) is 0 Å². The molecule has 6 rings (SSSR count). The first-order chi connectivity index (χ1) is 21.7. The van der Waals surface area contributed by atoms with Crippen LogP contribution in [0.2, 0.25) is 0 Å². The molecule has 1 aliphatic heterocycles. The summed E-state index contributed by atoms with van der Waals surface area (Å²) in [6.45, 7) is 0.535. The Morgan fingerprint density at radius 3 is 2.62 bits per heavy atom. The Labute approximate surface area is 263 Å². The van der Waals surface area contributed by atoms with Gasteiger partial charge in [-0.25, -0.2) is 8.42 Å². The van der Waals surface area contributed by atoms with Gasteiger partial charge in [-0.15, -0.1) is 0 Å². The van der Waals surface area contributed by atoms with Crippen molar-refractivity contribution in [2.75, 3.05) is 13.6 Å². The third-order valence-electron chi connectivity index (χ3n) is 9.00. The number of sulfonamides is 1. The van der Waals surface area contributed by atoms with Crippen LogP contribution in [0.15, 0.2) is 83.6 Å². The first kappa shape index (κ1) is 30.8. The summed E-state index contributed by atoms with van der Waals surface area (Å²) in [7, 11) is -2.10. The molecule has 0 spiro atoms. The van der Waals surface area contributed by atoms with Gasteiger partial charge in [0.25, 0.3) is 5.91 Å². The molecule has 0 aromatic heterocycles. The zero-order valence-electron chi connectivity index (χ0n) is 25.2. The van der Waals surface area contributed by atoms with Gasteiger partial charge in [0.1, 0.15) is 11.6 Å². The highest BCUT2D eigenvalue weighted by Gasteiger charge is 2.61. The van der Waals surface area contributed by atoms with Gasteiger partial charge in [-0.2, -0.15) is 0 Å².